The van der Waals surface area contributed by atoms with Gasteiger partial charge in [-0.3, -0.25) is 0 Å². The molecule has 0 atom stereocenters. The van der Waals surface area contributed by atoms with Gasteiger partial charge in [0.2, 0.25) is 11.2 Å². The molecule has 1 fully saturated rings. The molecule has 1 aromatic heterocycles. The van der Waals surface area contributed by atoms with Crippen LogP contribution in [0.15, 0.2) is 18.2 Å². The predicted molar refractivity (Wildman–Crippen MR) is 73.2 cm³/mol. The molecule has 5 nitrogen and oxygen atoms in total. The topological polar surface area (TPSA) is 51.1 Å². The summed E-state index contributed by atoms with van der Waals surface area (Å²) in [4.78, 5) is 14.0. The highest BCUT2D eigenvalue weighted by Crippen LogP contribution is 2.24. The van der Waals surface area contributed by atoms with Crippen LogP contribution in [0.25, 0.3) is 11.4 Å². The first-order chi connectivity index (χ1) is 10.1. The maximum atomic E-state index is 13.8. The molecule has 0 spiro atoms. The summed E-state index contributed by atoms with van der Waals surface area (Å²) in [6.07, 6.45) is 0. The zero-order chi connectivity index (χ0) is 14.8. The summed E-state index contributed by atoms with van der Waals surface area (Å²) in [7, 11) is 0. The second-order valence-electron chi connectivity index (χ2n) is 4.43. The molecule has 0 radical (unpaired) electrons. The van der Waals surface area contributed by atoms with E-state index in [1.165, 1.54) is 12.1 Å². The summed E-state index contributed by atoms with van der Waals surface area (Å²) in [5.41, 5.74) is -0.0474. The summed E-state index contributed by atoms with van der Waals surface area (Å²) < 4.78 is 32.4. The molecule has 0 unspecified atom stereocenters. The highest BCUT2D eigenvalue weighted by atomic mass is 35.5. The lowest BCUT2D eigenvalue weighted by Gasteiger charge is -2.26. The zero-order valence-electron chi connectivity index (χ0n) is 10.9. The molecule has 1 aliphatic heterocycles. The molecule has 8 heteroatoms. The monoisotopic (exact) mass is 312 g/mol. The maximum absolute atomic E-state index is 13.8. The van der Waals surface area contributed by atoms with Gasteiger partial charge in [0.15, 0.2) is 17.5 Å². The lowest BCUT2D eigenvalue weighted by atomic mass is 10.2. The molecule has 1 saturated heterocycles. The van der Waals surface area contributed by atoms with Crippen LogP contribution in [0, 0.1) is 11.6 Å². The first-order valence-corrected chi connectivity index (χ1v) is 6.71. The van der Waals surface area contributed by atoms with Gasteiger partial charge in [-0.2, -0.15) is 15.0 Å². The number of anilines is 1. The van der Waals surface area contributed by atoms with E-state index in [1.807, 2.05) is 4.90 Å². The fourth-order valence-corrected chi connectivity index (χ4v) is 2.20. The average molecular weight is 313 g/mol. The molecule has 2 aromatic rings. The third-order valence-corrected chi connectivity index (χ3v) is 3.25. The van der Waals surface area contributed by atoms with Gasteiger partial charge in [0, 0.05) is 13.1 Å². The van der Waals surface area contributed by atoms with Gasteiger partial charge in [-0.15, -0.1) is 0 Å². The second kappa shape index (κ2) is 5.87. The summed E-state index contributed by atoms with van der Waals surface area (Å²) in [5.74, 6) is -1.63. The van der Waals surface area contributed by atoms with Crippen LogP contribution in [0.2, 0.25) is 5.28 Å². The molecule has 1 aliphatic rings. The molecular weight excluding hydrogens is 302 g/mol. The van der Waals surface area contributed by atoms with Gasteiger partial charge in [0.1, 0.15) is 0 Å². The molecule has 0 N–H and O–H groups in total. The van der Waals surface area contributed by atoms with E-state index in [0.29, 0.717) is 32.3 Å². The lowest BCUT2D eigenvalue weighted by molar-refractivity contribution is 0.122. The van der Waals surface area contributed by atoms with E-state index in [2.05, 4.69) is 15.0 Å². The maximum Gasteiger partial charge on any atom is 0.230 e. The van der Waals surface area contributed by atoms with Crippen molar-refractivity contribution in [2.24, 2.45) is 0 Å². The predicted octanol–water partition coefficient (Wildman–Crippen LogP) is 2.31. The Bertz CT molecular complexity index is 665. The minimum absolute atomic E-state index is 0.00786. The summed E-state index contributed by atoms with van der Waals surface area (Å²) in [6.45, 7) is 2.30. The number of aromatic nitrogens is 3. The summed E-state index contributed by atoms with van der Waals surface area (Å²) in [6, 6.07) is 3.82. The van der Waals surface area contributed by atoms with E-state index >= 15 is 0 Å². The van der Waals surface area contributed by atoms with Crippen molar-refractivity contribution in [2.45, 2.75) is 0 Å². The minimum Gasteiger partial charge on any atom is -0.378 e. The molecule has 2 heterocycles. The number of hydrogen-bond acceptors (Lipinski definition) is 5. The average Bonchev–Trinajstić information content (AvgIpc) is 2.50. The van der Waals surface area contributed by atoms with Gasteiger partial charge in [-0.1, -0.05) is 6.07 Å². The quantitative estimate of drug-likeness (QED) is 0.851. The highest BCUT2D eigenvalue weighted by molar-refractivity contribution is 6.28. The molecule has 0 bridgehead atoms. The van der Waals surface area contributed by atoms with Crippen LogP contribution in [-0.4, -0.2) is 41.3 Å². The van der Waals surface area contributed by atoms with Crippen molar-refractivity contribution in [2.75, 3.05) is 31.2 Å². The molecule has 0 saturated carbocycles. The highest BCUT2D eigenvalue weighted by Gasteiger charge is 2.19. The lowest BCUT2D eigenvalue weighted by Crippen LogP contribution is -2.37. The van der Waals surface area contributed by atoms with Crippen molar-refractivity contribution >= 4 is 17.5 Å². The Morgan fingerprint density at radius 1 is 1.10 bits per heavy atom. The van der Waals surface area contributed by atoms with Crippen LogP contribution in [0.1, 0.15) is 0 Å². The Morgan fingerprint density at radius 3 is 2.62 bits per heavy atom. The smallest absolute Gasteiger partial charge is 0.230 e. The number of nitrogens with zero attached hydrogens (tertiary/aromatic N) is 4. The van der Waals surface area contributed by atoms with Crippen LogP contribution < -0.4 is 4.90 Å². The van der Waals surface area contributed by atoms with Gasteiger partial charge >= 0.3 is 0 Å². The van der Waals surface area contributed by atoms with Crippen LogP contribution >= 0.6 is 11.6 Å². The first-order valence-electron chi connectivity index (χ1n) is 6.34. The summed E-state index contributed by atoms with van der Waals surface area (Å²) in [5, 5.41) is -0.0647. The SMILES string of the molecule is Fc1cccc(-c2nc(Cl)nc(N3CCOCC3)n2)c1F. The molecular formula is C13H11ClF2N4O. The van der Waals surface area contributed by atoms with Crippen LogP contribution in [0.5, 0.6) is 0 Å². The Kier molecular flexibility index (Phi) is 3.94. The van der Waals surface area contributed by atoms with Crippen molar-refractivity contribution in [3.8, 4) is 11.4 Å². The fraction of sp³-hybridized carbons (Fsp3) is 0.308. The van der Waals surface area contributed by atoms with E-state index in [-0.39, 0.29) is 16.7 Å². The third kappa shape index (κ3) is 2.93. The first kappa shape index (κ1) is 14.1. The number of rotatable bonds is 2. The van der Waals surface area contributed by atoms with Gasteiger partial charge in [-0.25, -0.2) is 8.78 Å². The minimum atomic E-state index is -1.01. The summed E-state index contributed by atoms with van der Waals surface area (Å²) >= 11 is 5.87. The van der Waals surface area contributed by atoms with Crippen molar-refractivity contribution < 1.29 is 13.5 Å². The van der Waals surface area contributed by atoms with Crippen LogP contribution in [0.4, 0.5) is 14.7 Å². The van der Waals surface area contributed by atoms with Crippen LogP contribution in [0.3, 0.4) is 0 Å². The number of ether oxygens (including phenoxy) is 1. The van der Waals surface area contributed by atoms with Gasteiger partial charge in [0.05, 0.1) is 18.8 Å². The standard InChI is InChI=1S/C13H11ClF2N4O/c14-12-17-11(8-2-1-3-9(15)10(8)16)18-13(19-12)20-4-6-21-7-5-20/h1-3H,4-7H2. The van der Waals surface area contributed by atoms with Gasteiger partial charge in [0.25, 0.3) is 0 Å². The van der Waals surface area contributed by atoms with E-state index in [0.717, 1.165) is 6.07 Å². The largest absolute Gasteiger partial charge is 0.378 e. The number of hydrogen-bond donors (Lipinski definition) is 0. The number of benzene rings is 1. The van der Waals surface area contributed by atoms with Crippen molar-refractivity contribution in [3.05, 3.63) is 35.1 Å². The molecule has 110 valence electrons. The van der Waals surface area contributed by atoms with Crippen molar-refractivity contribution in [1.82, 2.24) is 15.0 Å². The van der Waals surface area contributed by atoms with Gasteiger partial charge < -0.3 is 9.64 Å². The van der Waals surface area contributed by atoms with E-state index < -0.39 is 11.6 Å². The Labute approximate surface area is 124 Å². The van der Waals surface area contributed by atoms with E-state index in [9.17, 15) is 8.78 Å². The van der Waals surface area contributed by atoms with Crippen molar-refractivity contribution in [1.29, 1.82) is 0 Å². The molecule has 3 rings (SSSR count). The molecule has 0 aliphatic carbocycles. The molecule has 21 heavy (non-hydrogen) atoms. The molecule has 1 aromatic carbocycles. The van der Waals surface area contributed by atoms with Crippen molar-refractivity contribution in [3.63, 3.8) is 0 Å². The van der Waals surface area contributed by atoms with E-state index in [1.54, 1.807) is 0 Å². The van der Waals surface area contributed by atoms with E-state index in [4.69, 9.17) is 16.3 Å². The van der Waals surface area contributed by atoms with Crippen LogP contribution in [-0.2, 0) is 4.74 Å². The Hall–Kier alpha value is -1.86. The third-order valence-electron chi connectivity index (χ3n) is 3.08. The fourth-order valence-electron chi connectivity index (χ4n) is 2.04. The number of morpholine rings is 1. The zero-order valence-corrected chi connectivity index (χ0v) is 11.6. The molecule has 0 amide bonds. The van der Waals surface area contributed by atoms with Gasteiger partial charge in [-0.05, 0) is 23.7 Å². The Morgan fingerprint density at radius 2 is 1.86 bits per heavy atom. The Balaban J connectivity index is 2.03. The second-order valence-corrected chi connectivity index (χ2v) is 4.77. The number of halogens is 3. The normalized spacial score (nSPS) is 15.3.